The van der Waals surface area contributed by atoms with Crippen LogP contribution < -0.4 is 10.6 Å². The molecule has 156 valence electrons. The largest absolute Gasteiger partial charge is 0.462 e. The van der Waals surface area contributed by atoms with Crippen molar-refractivity contribution < 1.29 is 14.3 Å². The lowest BCUT2D eigenvalue weighted by molar-refractivity contribution is -0.114. The van der Waals surface area contributed by atoms with Gasteiger partial charge in [-0.3, -0.25) is 4.79 Å². The number of carbonyl (C=O) groups excluding carboxylic acids is 2. The van der Waals surface area contributed by atoms with Crippen LogP contribution in [0.4, 0.5) is 11.5 Å². The molecule has 0 bridgehead atoms. The van der Waals surface area contributed by atoms with E-state index in [0.717, 1.165) is 0 Å². The Morgan fingerprint density at radius 1 is 1.28 bits per heavy atom. The normalized spacial score (nSPS) is 10.5. The highest BCUT2D eigenvalue weighted by Gasteiger charge is 2.20. The van der Waals surface area contributed by atoms with Gasteiger partial charge in [-0.05, 0) is 26.0 Å². The highest BCUT2D eigenvalue weighted by atomic mass is 16.5. The number of aliphatic imine (C=N–C) groups is 1. The Balaban J connectivity index is 0.00000204. The van der Waals surface area contributed by atoms with E-state index in [-0.39, 0.29) is 12.5 Å². The SMILES string of the molecule is C=C(C)NC(=Nc1ccnc(NC(C)=O)c1)c1c(C(=O)OCC)ccn1C.CC. The molecule has 2 rings (SSSR count). The number of hydrogen-bond acceptors (Lipinski definition) is 5. The van der Waals surface area contributed by atoms with Crippen molar-refractivity contribution in [2.24, 2.45) is 12.0 Å². The van der Waals surface area contributed by atoms with E-state index in [1.54, 1.807) is 49.0 Å². The predicted octanol–water partition coefficient (Wildman–Crippen LogP) is 3.78. The zero-order valence-corrected chi connectivity index (χ0v) is 17.9. The van der Waals surface area contributed by atoms with Gasteiger partial charge in [0.2, 0.25) is 5.91 Å². The van der Waals surface area contributed by atoms with Crippen LogP contribution in [0.15, 0.2) is 47.9 Å². The number of nitrogens with one attached hydrogen (secondary N) is 2. The number of carbonyl (C=O) groups is 2. The average molecular weight is 399 g/mol. The topological polar surface area (TPSA) is 97.6 Å². The lowest BCUT2D eigenvalue weighted by Gasteiger charge is -2.13. The zero-order valence-electron chi connectivity index (χ0n) is 17.9. The fourth-order valence-corrected chi connectivity index (χ4v) is 2.41. The molecule has 0 radical (unpaired) electrons. The molecule has 1 amide bonds. The Labute approximate surface area is 171 Å². The summed E-state index contributed by atoms with van der Waals surface area (Å²) < 4.78 is 6.91. The summed E-state index contributed by atoms with van der Waals surface area (Å²) in [6, 6.07) is 5.01. The zero-order chi connectivity index (χ0) is 22.0. The van der Waals surface area contributed by atoms with E-state index in [1.165, 1.54) is 6.92 Å². The molecule has 0 fully saturated rings. The second-order valence-electron chi connectivity index (χ2n) is 5.86. The molecule has 0 aromatic carbocycles. The summed E-state index contributed by atoms with van der Waals surface area (Å²) in [5.41, 5.74) is 2.16. The molecule has 2 heterocycles. The second kappa shape index (κ2) is 11.4. The summed E-state index contributed by atoms with van der Waals surface area (Å²) in [4.78, 5) is 32.2. The summed E-state index contributed by atoms with van der Waals surface area (Å²) in [5.74, 6) is 0.155. The molecule has 0 saturated carbocycles. The van der Waals surface area contributed by atoms with Crippen molar-refractivity contribution >= 4 is 29.2 Å². The van der Waals surface area contributed by atoms with Crippen molar-refractivity contribution in [1.82, 2.24) is 14.9 Å². The van der Waals surface area contributed by atoms with Crippen molar-refractivity contribution in [3.8, 4) is 0 Å². The number of aryl methyl sites for hydroxylation is 1. The van der Waals surface area contributed by atoms with Gasteiger partial charge in [0.15, 0.2) is 5.84 Å². The van der Waals surface area contributed by atoms with Gasteiger partial charge in [-0.15, -0.1) is 0 Å². The third kappa shape index (κ3) is 6.91. The molecule has 0 aliphatic heterocycles. The second-order valence-corrected chi connectivity index (χ2v) is 5.86. The Kier molecular flexibility index (Phi) is 9.31. The number of amidine groups is 1. The minimum absolute atomic E-state index is 0.226. The van der Waals surface area contributed by atoms with E-state index in [2.05, 4.69) is 27.2 Å². The van der Waals surface area contributed by atoms with Crippen LogP contribution in [0, 0.1) is 0 Å². The molecule has 0 aliphatic carbocycles. The van der Waals surface area contributed by atoms with E-state index in [4.69, 9.17) is 4.74 Å². The van der Waals surface area contributed by atoms with Gasteiger partial charge in [0, 0.05) is 38.1 Å². The van der Waals surface area contributed by atoms with E-state index >= 15 is 0 Å². The Hall–Kier alpha value is -3.42. The molecule has 2 N–H and O–H groups in total. The standard InChI is InChI=1S/C19H23N5O3.C2H6/c1-6-27-19(26)15-8-10-24(5)17(15)18(21-12(2)3)23-14-7-9-20-16(11-14)22-13(4)25;1-2/h7-11H,2,6H2,1,3-5H3,(H2,20,21,22,23,25);1-2H3. The first-order chi connectivity index (χ1) is 13.8. The lowest BCUT2D eigenvalue weighted by atomic mass is 10.2. The van der Waals surface area contributed by atoms with Crippen molar-refractivity contribution in [2.75, 3.05) is 11.9 Å². The molecular weight excluding hydrogens is 370 g/mol. The third-order valence-electron chi connectivity index (χ3n) is 3.41. The molecular formula is C21H29N5O3. The van der Waals surface area contributed by atoms with Gasteiger partial charge in [-0.25, -0.2) is 14.8 Å². The maximum absolute atomic E-state index is 12.3. The summed E-state index contributed by atoms with van der Waals surface area (Å²) in [6.07, 6.45) is 3.30. The number of allylic oxidation sites excluding steroid dienone is 1. The van der Waals surface area contributed by atoms with Crippen molar-refractivity contribution in [1.29, 1.82) is 0 Å². The number of hydrogen-bond donors (Lipinski definition) is 2. The minimum atomic E-state index is -0.432. The molecule has 0 unspecified atom stereocenters. The highest BCUT2D eigenvalue weighted by molar-refractivity contribution is 6.08. The van der Waals surface area contributed by atoms with Gasteiger partial charge in [0.1, 0.15) is 5.82 Å². The predicted molar refractivity (Wildman–Crippen MR) is 115 cm³/mol. The van der Waals surface area contributed by atoms with Crippen molar-refractivity contribution in [3.05, 3.63) is 54.1 Å². The van der Waals surface area contributed by atoms with Crippen LogP contribution in [0.1, 0.15) is 50.7 Å². The molecule has 0 spiro atoms. The number of amides is 1. The summed E-state index contributed by atoms with van der Waals surface area (Å²) >= 11 is 0. The maximum atomic E-state index is 12.3. The maximum Gasteiger partial charge on any atom is 0.340 e. The van der Waals surface area contributed by atoms with E-state index in [0.29, 0.717) is 34.3 Å². The fourth-order valence-electron chi connectivity index (χ4n) is 2.41. The summed E-state index contributed by atoms with van der Waals surface area (Å²) in [5, 5.41) is 5.70. The molecule has 2 aromatic heterocycles. The fraction of sp³-hybridized carbons (Fsp3) is 0.333. The van der Waals surface area contributed by atoms with Gasteiger partial charge in [0.25, 0.3) is 0 Å². The molecule has 0 aliphatic rings. The van der Waals surface area contributed by atoms with Crippen LogP contribution >= 0.6 is 0 Å². The summed E-state index contributed by atoms with van der Waals surface area (Å²) in [6.45, 7) is 13.1. The molecule has 2 aromatic rings. The first-order valence-electron chi connectivity index (χ1n) is 9.39. The van der Waals surface area contributed by atoms with Crippen LogP contribution in [0.3, 0.4) is 0 Å². The summed E-state index contributed by atoms with van der Waals surface area (Å²) in [7, 11) is 1.81. The van der Waals surface area contributed by atoms with E-state index in [9.17, 15) is 9.59 Å². The Morgan fingerprint density at radius 2 is 1.97 bits per heavy atom. The number of pyridine rings is 1. The van der Waals surface area contributed by atoms with Crippen LogP contribution in [0.5, 0.6) is 0 Å². The third-order valence-corrected chi connectivity index (χ3v) is 3.41. The quantitative estimate of drug-likeness (QED) is 0.438. The smallest absolute Gasteiger partial charge is 0.340 e. The molecule has 0 saturated heterocycles. The first kappa shape index (κ1) is 23.6. The van der Waals surface area contributed by atoms with Gasteiger partial charge in [-0.2, -0.15) is 0 Å². The number of nitrogens with zero attached hydrogens (tertiary/aromatic N) is 3. The average Bonchev–Trinajstić information content (AvgIpc) is 3.04. The molecule has 29 heavy (non-hydrogen) atoms. The Bertz CT molecular complexity index is 899. The van der Waals surface area contributed by atoms with Crippen LogP contribution in [0.2, 0.25) is 0 Å². The van der Waals surface area contributed by atoms with Crippen LogP contribution in [0.25, 0.3) is 0 Å². The number of anilines is 1. The Morgan fingerprint density at radius 3 is 2.55 bits per heavy atom. The number of rotatable bonds is 6. The minimum Gasteiger partial charge on any atom is -0.462 e. The molecule has 8 heteroatoms. The number of ether oxygens (including phenoxy) is 1. The van der Waals surface area contributed by atoms with Gasteiger partial charge in [-0.1, -0.05) is 20.4 Å². The molecule has 0 atom stereocenters. The van der Waals surface area contributed by atoms with Gasteiger partial charge < -0.3 is 19.9 Å². The van der Waals surface area contributed by atoms with Crippen molar-refractivity contribution in [2.45, 2.75) is 34.6 Å². The lowest BCUT2D eigenvalue weighted by Crippen LogP contribution is -2.26. The molecule has 8 nitrogen and oxygen atoms in total. The van der Waals surface area contributed by atoms with E-state index in [1.807, 2.05) is 20.9 Å². The highest BCUT2D eigenvalue weighted by Crippen LogP contribution is 2.19. The van der Waals surface area contributed by atoms with Gasteiger partial charge >= 0.3 is 5.97 Å². The van der Waals surface area contributed by atoms with Crippen LogP contribution in [-0.4, -0.2) is 33.9 Å². The van der Waals surface area contributed by atoms with Gasteiger partial charge in [0.05, 0.1) is 23.6 Å². The van der Waals surface area contributed by atoms with Crippen molar-refractivity contribution in [3.63, 3.8) is 0 Å². The number of esters is 1. The monoisotopic (exact) mass is 399 g/mol. The van der Waals surface area contributed by atoms with Crippen LogP contribution in [-0.2, 0) is 16.6 Å². The number of aromatic nitrogens is 2. The van der Waals surface area contributed by atoms with E-state index < -0.39 is 5.97 Å². The first-order valence-corrected chi connectivity index (χ1v) is 9.39.